The summed E-state index contributed by atoms with van der Waals surface area (Å²) in [7, 11) is 0. The highest BCUT2D eigenvalue weighted by Gasteiger charge is 2.33. The van der Waals surface area contributed by atoms with Crippen LogP contribution in [0, 0.1) is 5.92 Å². The highest BCUT2D eigenvalue weighted by molar-refractivity contribution is 5.28. The van der Waals surface area contributed by atoms with Gasteiger partial charge in [0, 0.05) is 6.04 Å². The molecule has 1 saturated carbocycles. The van der Waals surface area contributed by atoms with Crippen LogP contribution in [0.15, 0.2) is 24.3 Å². The van der Waals surface area contributed by atoms with Gasteiger partial charge in [0.2, 0.25) is 0 Å². The van der Waals surface area contributed by atoms with Crippen molar-refractivity contribution in [2.75, 3.05) is 6.54 Å². The van der Waals surface area contributed by atoms with E-state index in [-0.39, 0.29) is 6.04 Å². The van der Waals surface area contributed by atoms with Gasteiger partial charge in [-0.2, -0.15) is 13.2 Å². The van der Waals surface area contributed by atoms with E-state index in [9.17, 15) is 13.2 Å². The van der Waals surface area contributed by atoms with Crippen LogP contribution in [0.5, 0.6) is 0 Å². The van der Waals surface area contributed by atoms with E-state index in [0.717, 1.165) is 18.5 Å². The zero-order chi connectivity index (χ0) is 13.2. The molecule has 1 nitrogen and oxygen atoms in total. The van der Waals surface area contributed by atoms with E-state index in [1.54, 1.807) is 12.1 Å². The summed E-state index contributed by atoms with van der Waals surface area (Å²) in [5.74, 6) is 0.591. The molecule has 2 rings (SSSR count). The van der Waals surface area contributed by atoms with Gasteiger partial charge in [-0.15, -0.1) is 0 Å². The Morgan fingerprint density at radius 1 is 1.22 bits per heavy atom. The third kappa shape index (κ3) is 3.25. The molecule has 0 bridgehead atoms. The van der Waals surface area contributed by atoms with E-state index < -0.39 is 11.7 Å². The molecule has 1 aliphatic rings. The maximum Gasteiger partial charge on any atom is 0.416 e. The second kappa shape index (κ2) is 5.31. The van der Waals surface area contributed by atoms with Crippen LogP contribution < -0.4 is 5.32 Å². The number of halogens is 3. The quantitative estimate of drug-likeness (QED) is 0.835. The molecule has 1 fully saturated rings. The Morgan fingerprint density at radius 2 is 1.83 bits per heavy atom. The van der Waals surface area contributed by atoms with E-state index in [0.29, 0.717) is 5.92 Å². The molecule has 1 atom stereocenters. The summed E-state index contributed by atoms with van der Waals surface area (Å²) in [5.41, 5.74) is 0.398. The normalized spacial score (nSPS) is 17.8. The van der Waals surface area contributed by atoms with Gasteiger partial charge in [-0.3, -0.25) is 0 Å². The van der Waals surface area contributed by atoms with Gasteiger partial charge in [0.1, 0.15) is 0 Å². The number of hydrogen-bond acceptors (Lipinski definition) is 1. The van der Waals surface area contributed by atoms with E-state index in [1.807, 2.05) is 0 Å². The summed E-state index contributed by atoms with van der Waals surface area (Å²) in [5, 5.41) is 3.42. The standard InChI is InChI=1S/C14H18F3N/c1-2-9-18-13(10-3-4-10)11-5-7-12(8-6-11)14(15,16)17/h5-8,10,13,18H,2-4,9H2,1H3. The van der Waals surface area contributed by atoms with Crippen molar-refractivity contribution in [2.24, 2.45) is 5.92 Å². The molecule has 0 aromatic heterocycles. The highest BCUT2D eigenvalue weighted by Crippen LogP contribution is 2.41. The molecule has 4 heteroatoms. The maximum atomic E-state index is 12.5. The van der Waals surface area contributed by atoms with Crippen LogP contribution in [0.25, 0.3) is 0 Å². The molecule has 0 heterocycles. The second-order valence-electron chi connectivity index (χ2n) is 4.89. The molecule has 0 radical (unpaired) electrons. The summed E-state index contributed by atoms with van der Waals surface area (Å²) >= 11 is 0. The molecular weight excluding hydrogens is 239 g/mol. The zero-order valence-corrected chi connectivity index (χ0v) is 10.4. The average molecular weight is 257 g/mol. The molecule has 100 valence electrons. The van der Waals surface area contributed by atoms with Crippen molar-refractivity contribution in [3.05, 3.63) is 35.4 Å². The van der Waals surface area contributed by atoms with Crippen molar-refractivity contribution in [1.82, 2.24) is 5.32 Å². The van der Waals surface area contributed by atoms with Crippen molar-refractivity contribution < 1.29 is 13.2 Å². The van der Waals surface area contributed by atoms with Crippen LogP contribution in [0.2, 0.25) is 0 Å². The van der Waals surface area contributed by atoms with Gasteiger partial charge in [-0.25, -0.2) is 0 Å². The molecule has 0 spiro atoms. The molecule has 1 aromatic carbocycles. The largest absolute Gasteiger partial charge is 0.416 e. The predicted molar refractivity (Wildman–Crippen MR) is 65.2 cm³/mol. The topological polar surface area (TPSA) is 12.0 Å². The lowest BCUT2D eigenvalue weighted by atomic mass is 10.0. The maximum absolute atomic E-state index is 12.5. The van der Waals surface area contributed by atoms with Crippen LogP contribution in [0.4, 0.5) is 13.2 Å². The van der Waals surface area contributed by atoms with Crippen LogP contribution >= 0.6 is 0 Å². The minimum Gasteiger partial charge on any atom is -0.310 e. The average Bonchev–Trinajstić information content (AvgIpc) is 3.13. The van der Waals surface area contributed by atoms with Crippen molar-refractivity contribution in [3.63, 3.8) is 0 Å². The van der Waals surface area contributed by atoms with Gasteiger partial charge in [-0.05, 0) is 49.4 Å². The Balaban J connectivity index is 2.11. The Hall–Kier alpha value is -1.03. The Morgan fingerprint density at radius 3 is 2.28 bits per heavy atom. The van der Waals surface area contributed by atoms with Crippen molar-refractivity contribution >= 4 is 0 Å². The third-order valence-electron chi connectivity index (χ3n) is 3.30. The zero-order valence-electron chi connectivity index (χ0n) is 10.4. The molecule has 1 N–H and O–H groups in total. The summed E-state index contributed by atoms with van der Waals surface area (Å²) < 4.78 is 37.4. The number of hydrogen-bond donors (Lipinski definition) is 1. The highest BCUT2D eigenvalue weighted by atomic mass is 19.4. The lowest BCUT2D eigenvalue weighted by Crippen LogP contribution is -2.23. The summed E-state index contributed by atoms with van der Waals surface area (Å²) in [6, 6.07) is 5.78. The predicted octanol–water partition coefficient (Wildman–Crippen LogP) is 4.16. The van der Waals surface area contributed by atoms with Gasteiger partial charge in [-0.1, -0.05) is 19.1 Å². The first-order valence-electron chi connectivity index (χ1n) is 6.43. The van der Waals surface area contributed by atoms with Crippen LogP contribution in [-0.4, -0.2) is 6.54 Å². The van der Waals surface area contributed by atoms with Crippen LogP contribution in [0.1, 0.15) is 43.4 Å². The van der Waals surface area contributed by atoms with E-state index in [2.05, 4.69) is 12.2 Å². The van der Waals surface area contributed by atoms with Gasteiger partial charge >= 0.3 is 6.18 Å². The van der Waals surface area contributed by atoms with E-state index in [1.165, 1.54) is 25.0 Å². The smallest absolute Gasteiger partial charge is 0.310 e. The molecule has 1 aromatic rings. The molecular formula is C14H18F3N. The van der Waals surface area contributed by atoms with Crippen LogP contribution in [-0.2, 0) is 6.18 Å². The fourth-order valence-corrected chi connectivity index (χ4v) is 2.17. The Labute approximate surface area is 105 Å². The lowest BCUT2D eigenvalue weighted by Gasteiger charge is -2.19. The first-order chi connectivity index (χ1) is 8.52. The molecule has 0 aliphatic heterocycles. The summed E-state index contributed by atoms with van der Waals surface area (Å²) in [6.45, 7) is 2.99. The Kier molecular flexibility index (Phi) is 3.95. The SMILES string of the molecule is CCCNC(c1ccc(C(F)(F)F)cc1)C1CC1. The second-order valence-corrected chi connectivity index (χ2v) is 4.89. The number of alkyl halides is 3. The number of benzene rings is 1. The molecule has 0 amide bonds. The van der Waals surface area contributed by atoms with Crippen LogP contribution in [0.3, 0.4) is 0 Å². The lowest BCUT2D eigenvalue weighted by molar-refractivity contribution is -0.137. The minimum absolute atomic E-state index is 0.215. The van der Waals surface area contributed by atoms with Gasteiger partial charge in [0.05, 0.1) is 5.56 Å². The summed E-state index contributed by atoms with van der Waals surface area (Å²) in [6.07, 6.45) is -0.876. The first kappa shape index (κ1) is 13.4. The summed E-state index contributed by atoms with van der Waals surface area (Å²) in [4.78, 5) is 0. The monoisotopic (exact) mass is 257 g/mol. The molecule has 1 unspecified atom stereocenters. The minimum atomic E-state index is -4.25. The first-order valence-corrected chi connectivity index (χ1v) is 6.43. The van der Waals surface area contributed by atoms with Crippen molar-refractivity contribution in [1.29, 1.82) is 0 Å². The molecule has 1 aliphatic carbocycles. The van der Waals surface area contributed by atoms with Gasteiger partial charge in [0.15, 0.2) is 0 Å². The van der Waals surface area contributed by atoms with Gasteiger partial charge < -0.3 is 5.32 Å². The van der Waals surface area contributed by atoms with E-state index in [4.69, 9.17) is 0 Å². The van der Waals surface area contributed by atoms with E-state index >= 15 is 0 Å². The van der Waals surface area contributed by atoms with Crippen molar-refractivity contribution in [3.8, 4) is 0 Å². The van der Waals surface area contributed by atoms with Crippen molar-refractivity contribution in [2.45, 2.75) is 38.4 Å². The third-order valence-corrected chi connectivity index (χ3v) is 3.30. The number of nitrogens with one attached hydrogen (secondary N) is 1. The van der Waals surface area contributed by atoms with Gasteiger partial charge in [0.25, 0.3) is 0 Å². The molecule has 0 saturated heterocycles. The number of rotatable bonds is 5. The Bertz CT molecular complexity index is 379. The fraction of sp³-hybridized carbons (Fsp3) is 0.571. The fourth-order valence-electron chi connectivity index (χ4n) is 2.17. The molecule has 18 heavy (non-hydrogen) atoms.